The molecule has 0 aliphatic carbocycles. The van der Waals surface area contributed by atoms with Crippen molar-refractivity contribution in [3.8, 4) is 0 Å². The smallest absolute Gasteiger partial charge is 0.0973 e. The van der Waals surface area contributed by atoms with Crippen molar-refractivity contribution >= 4 is 11.5 Å². The highest BCUT2D eigenvalue weighted by molar-refractivity contribution is 7.05. The monoisotopic (exact) mass is 238 g/mol. The number of aliphatic hydroxyl groups excluding tert-OH is 1. The molecular formula is C10H14N4OS. The van der Waals surface area contributed by atoms with Gasteiger partial charge in [0.2, 0.25) is 0 Å². The van der Waals surface area contributed by atoms with Gasteiger partial charge in [-0.1, -0.05) is 11.4 Å². The zero-order chi connectivity index (χ0) is 11.5. The Morgan fingerprint density at radius 3 is 3.00 bits per heavy atom. The first-order chi connectivity index (χ1) is 7.70. The molecule has 0 aliphatic heterocycles. The molecule has 0 saturated heterocycles. The predicted octanol–water partition coefficient (Wildman–Crippen LogP) is 1.11. The van der Waals surface area contributed by atoms with Crippen LogP contribution in [0.5, 0.6) is 0 Å². The van der Waals surface area contributed by atoms with Gasteiger partial charge >= 0.3 is 0 Å². The maximum atomic E-state index is 10.1. The molecule has 6 heteroatoms. The highest BCUT2D eigenvalue weighted by Gasteiger charge is 2.17. The van der Waals surface area contributed by atoms with Crippen LogP contribution in [0.3, 0.4) is 0 Å². The molecule has 0 aromatic carbocycles. The van der Waals surface area contributed by atoms with E-state index in [1.54, 1.807) is 4.68 Å². The van der Waals surface area contributed by atoms with Gasteiger partial charge in [-0.3, -0.25) is 4.68 Å². The number of aliphatic hydroxyl groups is 1. The number of nitrogens with zero attached hydrogens (tertiary/aromatic N) is 4. The molecule has 1 unspecified atom stereocenters. The highest BCUT2D eigenvalue weighted by Crippen LogP contribution is 2.23. The lowest BCUT2D eigenvalue weighted by molar-refractivity contribution is 0.179. The second-order valence-corrected chi connectivity index (χ2v) is 4.42. The quantitative estimate of drug-likeness (QED) is 0.866. The average molecular weight is 238 g/mol. The van der Waals surface area contributed by atoms with Crippen LogP contribution in [0.2, 0.25) is 0 Å². The standard InChI is InChI=1S/C10H14N4OS/c1-3-8-10(16-13-11-8)9(15)6-7-4-5-14(2)12-7/h4-5,9,15H,3,6H2,1-2H3. The zero-order valence-corrected chi connectivity index (χ0v) is 10.1. The fraction of sp³-hybridized carbons (Fsp3) is 0.500. The van der Waals surface area contributed by atoms with Crippen molar-refractivity contribution in [1.29, 1.82) is 0 Å². The lowest BCUT2D eigenvalue weighted by atomic mass is 10.1. The molecule has 0 radical (unpaired) electrons. The van der Waals surface area contributed by atoms with E-state index in [9.17, 15) is 5.11 Å². The summed E-state index contributed by atoms with van der Waals surface area (Å²) >= 11 is 1.26. The molecule has 0 spiro atoms. The van der Waals surface area contributed by atoms with E-state index >= 15 is 0 Å². The molecule has 5 nitrogen and oxygen atoms in total. The van der Waals surface area contributed by atoms with Gasteiger partial charge in [0.05, 0.1) is 22.4 Å². The van der Waals surface area contributed by atoms with Gasteiger partial charge in [-0.25, -0.2) is 0 Å². The number of aryl methyl sites for hydroxylation is 2. The van der Waals surface area contributed by atoms with Crippen molar-refractivity contribution in [1.82, 2.24) is 19.4 Å². The van der Waals surface area contributed by atoms with Gasteiger partial charge in [-0.15, -0.1) is 5.10 Å². The van der Waals surface area contributed by atoms with Crippen LogP contribution in [0, 0.1) is 0 Å². The van der Waals surface area contributed by atoms with E-state index in [2.05, 4.69) is 14.7 Å². The van der Waals surface area contributed by atoms with E-state index in [4.69, 9.17) is 0 Å². The van der Waals surface area contributed by atoms with Crippen molar-refractivity contribution in [2.24, 2.45) is 7.05 Å². The van der Waals surface area contributed by atoms with Crippen molar-refractivity contribution in [3.63, 3.8) is 0 Å². The van der Waals surface area contributed by atoms with Crippen LogP contribution >= 0.6 is 11.5 Å². The van der Waals surface area contributed by atoms with Gasteiger partial charge in [-0.05, 0) is 24.0 Å². The molecule has 0 bridgehead atoms. The van der Waals surface area contributed by atoms with Gasteiger partial charge < -0.3 is 5.11 Å². The SMILES string of the molecule is CCc1nnsc1C(O)Cc1ccn(C)n1. The minimum absolute atomic E-state index is 0.512. The molecule has 2 aromatic heterocycles. The minimum Gasteiger partial charge on any atom is -0.387 e. The summed E-state index contributed by atoms with van der Waals surface area (Å²) in [6.45, 7) is 2.01. The van der Waals surface area contributed by atoms with Crippen LogP contribution in [0.1, 0.15) is 29.3 Å². The molecule has 2 aromatic rings. The first-order valence-electron chi connectivity index (χ1n) is 5.18. The molecule has 1 N–H and O–H groups in total. The van der Waals surface area contributed by atoms with Crippen LogP contribution < -0.4 is 0 Å². The summed E-state index contributed by atoms with van der Waals surface area (Å²) in [6.07, 6.45) is 2.63. The summed E-state index contributed by atoms with van der Waals surface area (Å²) in [5.74, 6) is 0. The van der Waals surface area contributed by atoms with Gasteiger partial charge in [0.1, 0.15) is 0 Å². The summed E-state index contributed by atoms with van der Waals surface area (Å²) in [5.41, 5.74) is 1.76. The van der Waals surface area contributed by atoms with Crippen LogP contribution in [0.25, 0.3) is 0 Å². The first kappa shape index (κ1) is 11.2. The lowest BCUT2D eigenvalue weighted by Crippen LogP contribution is -2.04. The average Bonchev–Trinajstić information content (AvgIpc) is 2.86. The topological polar surface area (TPSA) is 63.8 Å². The van der Waals surface area contributed by atoms with E-state index in [1.165, 1.54) is 11.5 Å². The maximum absolute atomic E-state index is 10.1. The summed E-state index contributed by atoms with van der Waals surface area (Å²) in [6, 6.07) is 1.91. The Hall–Kier alpha value is -1.27. The van der Waals surface area contributed by atoms with Crippen molar-refractivity contribution in [3.05, 3.63) is 28.5 Å². The third-order valence-electron chi connectivity index (χ3n) is 2.39. The van der Waals surface area contributed by atoms with Crippen molar-refractivity contribution in [2.75, 3.05) is 0 Å². The maximum Gasteiger partial charge on any atom is 0.0973 e. The van der Waals surface area contributed by atoms with Gasteiger partial charge in [0.15, 0.2) is 0 Å². The summed E-state index contributed by atoms with van der Waals surface area (Å²) in [4.78, 5) is 0.855. The number of hydrogen-bond donors (Lipinski definition) is 1. The van der Waals surface area contributed by atoms with Crippen LogP contribution in [-0.2, 0) is 19.9 Å². The summed E-state index contributed by atoms with van der Waals surface area (Å²) < 4.78 is 5.60. The van der Waals surface area contributed by atoms with Crippen LogP contribution in [0.4, 0.5) is 0 Å². The highest BCUT2D eigenvalue weighted by atomic mass is 32.1. The zero-order valence-electron chi connectivity index (χ0n) is 9.29. The van der Waals surface area contributed by atoms with Crippen molar-refractivity contribution in [2.45, 2.75) is 25.9 Å². The van der Waals surface area contributed by atoms with E-state index < -0.39 is 6.10 Å². The fourth-order valence-corrected chi connectivity index (χ4v) is 2.30. The molecule has 0 fully saturated rings. The van der Waals surface area contributed by atoms with Crippen LogP contribution in [-0.4, -0.2) is 24.5 Å². The third kappa shape index (κ3) is 2.28. The lowest BCUT2D eigenvalue weighted by Gasteiger charge is -2.06. The molecule has 86 valence electrons. The normalized spacial score (nSPS) is 12.9. The first-order valence-corrected chi connectivity index (χ1v) is 5.95. The van der Waals surface area contributed by atoms with Gasteiger partial charge in [0.25, 0.3) is 0 Å². The number of aromatic nitrogens is 4. The Morgan fingerprint density at radius 2 is 2.38 bits per heavy atom. The Balaban J connectivity index is 2.11. The van der Waals surface area contributed by atoms with E-state index in [0.717, 1.165) is 22.7 Å². The summed E-state index contributed by atoms with van der Waals surface area (Å²) in [7, 11) is 1.86. The second kappa shape index (κ2) is 4.71. The molecule has 1 atom stereocenters. The molecule has 2 rings (SSSR count). The Labute approximate surface area is 97.9 Å². The van der Waals surface area contributed by atoms with E-state index in [0.29, 0.717) is 6.42 Å². The number of rotatable bonds is 4. The van der Waals surface area contributed by atoms with E-state index in [-0.39, 0.29) is 0 Å². The van der Waals surface area contributed by atoms with E-state index in [1.807, 2.05) is 26.2 Å². The molecule has 0 aliphatic rings. The predicted molar refractivity (Wildman–Crippen MR) is 61.2 cm³/mol. The Kier molecular flexibility index (Phi) is 3.31. The fourth-order valence-electron chi connectivity index (χ4n) is 1.58. The van der Waals surface area contributed by atoms with Gasteiger partial charge in [0, 0.05) is 19.7 Å². The largest absolute Gasteiger partial charge is 0.387 e. The molecular weight excluding hydrogens is 224 g/mol. The Morgan fingerprint density at radius 1 is 1.56 bits per heavy atom. The Bertz CT molecular complexity index is 465. The summed E-state index contributed by atoms with van der Waals surface area (Å²) in [5, 5.41) is 18.3. The van der Waals surface area contributed by atoms with Crippen molar-refractivity contribution < 1.29 is 5.11 Å². The van der Waals surface area contributed by atoms with Gasteiger partial charge in [-0.2, -0.15) is 5.10 Å². The minimum atomic E-state index is -0.551. The molecule has 16 heavy (non-hydrogen) atoms. The molecule has 0 saturated carbocycles. The second-order valence-electron chi connectivity index (χ2n) is 3.64. The van der Waals surface area contributed by atoms with Crippen LogP contribution in [0.15, 0.2) is 12.3 Å². The number of hydrogen-bond acceptors (Lipinski definition) is 5. The molecule has 0 amide bonds. The molecule has 2 heterocycles. The third-order valence-corrected chi connectivity index (χ3v) is 3.26.